The van der Waals surface area contributed by atoms with E-state index in [-0.39, 0.29) is 24.8 Å². The van der Waals surface area contributed by atoms with Gasteiger partial charge in [0.15, 0.2) is 0 Å². The molecule has 0 fully saturated rings. The molecule has 0 atom stereocenters. The van der Waals surface area contributed by atoms with Crippen LogP contribution in [0.1, 0.15) is 42.0 Å². The first kappa shape index (κ1) is 16.6. The van der Waals surface area contributed by atoms with Crippen molar-refractivity contribution < 1.29 is 14.3 Å². The van der Waals surface area contributed by atoms with Crippen LogP contribution in [0, 0.1) is 18.3 Å². The molecule has 1 aromatic rings. The Hall–Kier alpha value is -2.42. The molecular weight excluding hydrogens is 270 g/mol. The maximum atomic E-state index is 12.4. The van der Waals surface area contributed by atoms with Gasteiger partial charge in [0.25, 0.3) is 5.91 Å². The van der Waals surface area contributed by atoms with Crippen molar-refractivity contribution in [3.8, 4) is 6.07 Å². The highest BCUT2D eigenvalue weighted by Crippen LogP contribution is 2.09. The van der Waals surface area contributed by atoms with Crippen molar-refractivity contribution in [3.05, 3.63) is 29.1 Å². The number of esters is 1. The van der Waals surface area contributed by atoms with Crippen LogP contribution in [0.15, 0.2) is 12.1 Å². The van der Waals surface area contributed by atoms with Gasteiger partial charge in [-0.05, 0) is 32.4 Å². The number of nitriles is 1. The number of carbonyl (C=O) groups excluding carboxylic acids is 2. The molecule has 21 heavy (non-hydrogen) atoms. The molecule has 0 aromatic carbocycles. The van der Waals surface area contributed by atoms with Crippen molar-refractivity contribution in [2.45, 2.75) is 27.2 Å². The minimum atomic E-state index is -0.440. The van der Waals surface area contributed by atoms with E-state index in [1.165, 1.54) is 11.0 Å². The average molecular weight is 289 g/mol. The summed E-state index contributed by atoms with van der Waals surface area (Å²) in [5.41, 5.74) is 1.15. The summed E-state index contributed by atoms with van der Waals surface area (Å²) in [6, 6.07) is 5.06. The van der Waals surface area contributed by atoms with Crippen molar-refractivity contribution >= 4 is 11.9 Å². The predicted molar refractivity (Wildman–Crippen MR) is 76.5 cm³/mol. The van der Waals surface area contributed by atoms with Crippen LogP contribution in [0.5, 0.6) is 0 Å². The van der Waals surface area contributed by atoms with Gasteiger partial charge in [0.2, 0.25) is 0 Å². The Morgan fingerprint density at radius 1 is 1.38 bits per heavy atom. The van der Waals surface area contributed by atoms with Crippen LogP contribution in [0.25, 0.3) is 0 Å². The third-order valence-electron chi connectivity index (χ3n) is 2.83. The number of ether oxygens (including phenoxy) is 1. The smallest absolute Gasteiger partial charge is 0.325 e. The van der Waals surface area contributed by atoms with Crippen LogP contribution in [-0.2, 0) is 9.53 Å². The van der Waals surface area contributed by atoms with Gasteiger partial charge in [-0.1, -0.05) is 6.92 Å². The maximum absolute atomic E-state index is 12.4. The van der Waals surface area contributed by atoms with Crippen molar-refractivity contribution in [2.75, 3.05) is 19.7 Å². The second-order valence-corrected chi connectivity index (χ2v) is 4.47. The summed E-state index contributed by atoms with van der Waals surface area (Å²) in [6.07, 6.45) is 0.723. The lowest BCUT2D eigenvalue weighted by Gasteiger charge is -2.20. The minimum absolute atomic E-state index is 0.0960. The molecule has 0 spiro atoms. The summed E-state index contributed by atoms with van der Waals surface area (Å²) in [7, 11) is 0. The second-order valence-electron chi connectivity index (χ2n) is 4.47. The fourth-order valence-electron chi connectivity index (χ4n) is 1.85. The van der Waals surface area contributed by atoms with Crippen molar-refractivity contribution in [2.24, 2.45) is 0 Å². The second kappa shape index (κ2) is 8.00. The van der Waals surface area contributed by atoms with Gasteiger partial charge in [0.1, 0.15) is 18.3 Å². The van der Waals surface area contributed by atoms with Crippen molar-refractivity contribution in [3.63, 3.8) is 0 Å². The molecule has 0 bridgehead atoms. The molecule has 112 valence electrons. The van der Waals surface area contributed by atoms with Crippen molar-refractivity contribution in [1.82, 2.24) is 9.88 Å². The van der Waals surface area contributed by atoms with Gasteiger partial charge < -0.3 is 9.64 Å². The van der Waals surface area contributed by atoms with Gasteiger partial charge >= 0.3 is 5.97 Å². The fourth-order valence-corrected chi connectivity index (χ4v) is 1.85. The minimum Gasteiger partial charge on any atom is -0.465 e. The molecule has 0 aliphatic rings. The first-order valence-corrected chi connectivity index (χ1v) is 6.86. The third kappa shape index (κ3) is 4.56. The SMILES string of the molecule is CCCN(CC(=O)OCC)C(=O)c1ccc(C#N)c(C)n1. The highest BCUT2D eigenvalue weighted by Gasteiger charge is 2.20. The van der Waals surface area contributed by atoms with Crippen molar-refractivity contribution in [1.29, 1.82) is 5.26 Å². The third-order valence-corrected chi connectivity index (χ3v) is 2.83. The number of aromatic nitrogens is 1. The normalized spacial score (nSPS) is 9.81. The molecule has 0 aliphatic carbocycles. The summed E-state index contributed by atoms with van der Waals surface area (Å²) in [6.45, 7) is 5.93. The van der Waals surface area contributed by atoms with Crippen LogP contribution in [-0.4, -0.2) is 41.5 Å². The highest BCUT2D eigenvalue weighted by atomic mass is 16.5. The van der Waals surface area contributed by atoms with Gasteiger partial charge in [-0.2, -0.15) is 5.26 Å². The zero-order chi connectivity index (χ0) is 15.8. The van der Waals surface area contributed by atoms with Gasteiger partial charge in [-0.25, -0.2) is 4.98 Å². The van der Waals surface area contributed by atoms with E-state index in [9.17, 15) is 9.59 Å². The Morgan fingerprint density at radius 3 is 2.62 bits per heavy atom. The molecule has 6 nitrogen and oxygen atoms in total. The topological polar surface area (TPSA) is 83.3 Å². The Morgan fingerprint density at radius 2 is 2.10 bits per heavy atom. The van der Waals surface area contributed by atoms with Crippen LogP contribution >= 0.6 is 0 Å². The van der Waals surface area contributed by atoms with E-state index < -0.39 is 5.97 Å². The van der Waals surface area contributed by atoms with E-state index in [0.29, 0.717) is 17.8 Å². The highest BCUT2D eigenvalue weighted by molar-refractivity contribution is 5.94. The summed E-state index contributed by atoms with van der Waals surface area (Å²) >= 11 is 0. The Kier molecular flexibility index (Phi) is 6.34. The van der Waals surface area contributed by atoms with Gasteiger partial charge in [-0.3, -0.25) is 9.59 Å². The molecule has 1 amide bonds. The quantitative estimate of drug-likeness (QED) is 0.744. The van der Waals surface area contributed by atoms with Crippen LogP contribution < -0.4 is 0 Å². The lowest BCUT2D eigenvalue weighted by Crippen LogP contribution is -2.37. The number of hydrogen-bond donors (Lipinski definition) is 0. The molecule has 1 heterocycles. The Labute approximate surface area is 124 Å². The molecular formula is C15H19N3O3. The van der Waals surface area contributed by atoms with E-state index in [1.54, 1.807) is 19.9 Å². The molecule has 6 heteroatoms. The number of rotatable bonds is 6. The standard InChI is InChI=1S/C15H19N3O3/c1-4-8-18(10-14(19)21-5-2)15(20)13-7-6-12(9-16)11(3)17-13/h6-7H,4-5,8,10H2,1-3H3. The monoisotopic (exact) mass is 289 g/mol. The summed E-state index contributed by atoms with van der Waals surface area (Å²) in [5.74, 6) is -0.776. The average Bonchev–Trinajstić information content (AvgIpc) is 2.46. The van der Waals surface area contributed by atoms with E-state index in [2.05, 4.69) is 4.98 Å². The van der Waals surface area contributed by atoms with E-state index in [0.717, 1.165) is 6.42 Å². The number of amides is 1. The number of pyridine rings is 1. The molecule has 0 saturated carbocycles. The lowest BCUT2D eigenvalue weighted by atomic mass is 10.2. The summed E-state index contributed by atoms with van der Waals surface area (Å²) in [5, 5.41) is 8.87. The van der Waals surface area contributed by atoms with E-state index in [1.807, 2.05) is 13.0 Å². The molecule has 0 unspecified atom stereocenters. The van der Waals surface area contributed by atoms with E-state index >= 15 is 0 Å². The summed E-state index contributed by atoms with van der Waals surface area (Å²) in [4.78, 5) is 29.5. The molecule has 0 radical (unpaired) electrons. The fraction of sp³-hybridized carbons (Fsp3) is 0.467. The largest absolute Gasteiger partial charge is 0.465 e. The molecule has 0 saturated heterocycles. The van der Waals surface area contributed by atoms with Gasteiger partial charge in [0.05, 0.1) is 17.9 Å². The molecule has 0 aliphatic heterocycles. The maximum Gasteiger partial charge on any atom is 0.325 e. The van der Waals surface area contributed by atoms with Gasteiger partial charge in [-0.15, -0.1) is 0 Å². The number of hydrogen-bond acceptors (Lipinski definition) is 5. The molecule has 1 rings (SSSR count). The lowest BCUT2D eigenvalue weighted by molar-refractivity contribution is -0.143. The predicted octanol–water partition coefficient (Wildman–Crippen LogP) is 1.68. The molecule has 1 aromatic heterocycles. The first-order chi connectivity index (χ1) is 10.0. The van der Waals surface area contributed by atoms with Crippen LogP contribution in [0.3, 0.4) is 0 Å². The number of nitrogens with zero attached hydrogens (tertiary/aromatic N) is 3. The number of carbonyl (C=O) groups is 2. The Bertz CT molecular complexity index is 564. The van der Waals surface area contributed by atoms with E-state index in [4.69, 9.17) is 10.00 Å². The van der Waals surface area contributed by atoms with Crippen LogP contribution in [0.2, 0.25) is 0 Å². The van der Waals surface area contributed by atoms with Crippen LogP contribution in [0.4, 0.5) is 0 Å². The Balaban J connectivity index is 2.92. The first-order valence-electron chi connectivity index (χ1n) is 6.86. The number of aryl methyl sites for hydroxylation is 1. The van der Waals surface area contributed by atoms with Gasteiger partial charge in [0, 0.05) is 6.54 Å². The molecule has 0 N–H and O–H groups in total. The zero-order valence-corrected chi connectivity index (χ0v) is 12.5. The zero-order valence-electron chi connectivity index (χ0n) is 12.5. The summed E-state index contributed by atoms with van der Waals surface area (Å²) < 4.78 is 4.87.